The van der Waals surface area contributed by atoms with Crippen LogP contribution in [0.4, 0.5) is 0 Å². The second-order valence-corrected chi connectivity index (χ2v) is 9.52. The topological polar surface area (TPSA) is 179 Å². The number of carboxylic acid groups (broad SMARTS) is 1. The molecule has 11 heteroatoms. The van der Waals surface area contributed by atoms with Gasteiger partial charge in [0.1, 0.15) is 18.1 Å². The first kappa shape index (κ1) is 29.1. The van der Waals surface area contributed by atoms with Crippen LogP contribution in [0.1, 0.15) is 60.1 Å². The van der Waals surface area contributed by atoms with Gasteiger partial charge in [0.25, 0.3) is 0 Å². The number of hydrogen-bond acceptors (Lipinski definition) is 6. The van der Waals surface area contributed by atoms with Crippen LogP contribution in [0.3, 0.4) is 0 Å². The van der Waals surface area contributed by atoms with E-state index in [9.17, 15) is 24.3 Å². The van der Waals surface area contributed by atoms with Crippen molar-refractivity contribution >= 4 is 23.7 Å². The van der Waals surface area contributed by atoms with Crippen LogP contribution in [-0.4, -0.2) is 62.9 Å². The number of H-pyrrole nitrogens is 1. The van der Waals surface area contributed by atoms with E-state index >= 15 is 0 Å². The molecular weight excluding hydrogens is 440 g/mol. The SMILES string of the molecule is CCC(C)C(NC(=O)C(N)CC(C)C)C(=O)NC(C(=O)NC(Cc1cnc[nH]1)C(=O)O)C(C)C. The second-order valence-electron chi connectivity index (χ2n) is 9.52. The Morgan fingerprint density at radius 2 is 1.59 bits per heavy atom. The molecule has 0 aliphatic carbocycles. The highest BCUT2D eigenvalue weighted by atomic mass is 16.4. The Kier molecular flexibility index (Phi) is 11.7. The van der Waals surface area contributed by atoms with Gasteiger partial charge in [-0.25, -0.2) is 9.78 Å². The maximum absolute atomic E-state index is 13.1. The maximum atomic E-state index is 13.1. The number of hydrogen-bond donors (Lipinski definition) is 6. The molecular formula is C23H40N6O5. The van der Waals surface area contributed by atoms with Gasteiger partial charge in [-0.05, 0) is 24.2 Å². The Morgan fingerprint density at radius 3 is 2.06 bits per heavy atom. The summed E-state index contributed by atoms with van der Waals surface area (Å²) in [5.74, 6) is -3.10. The van der Waals surface area contributed by atoms with Crippen molar-refractivity contribution in [2.75, 3.05) is 0 Å². The molecule has 0 saturated carbocycles. The van der Waals surface area contributed by atoms with Crippen molar-refractivity contribution in [2.24, 2.45) is 23.5 Å². The quantitative estimate of drug-likeness (QED) is 0.225. The number of aromatic nitrogens is 2. The van der Waals surface area contributed by atoms with Crippen molar-refractivity contribution in [3.63, 3.8) is 0 Å². The van der Waals surface area contributed by atoms with Gasteiger partial charge in [0, 0.05) is 18.3 Å². The van der Waals surface area contributed by atoms with Crippen molar-refractivity contribution in [3.8, 4) is 0 Å². The molecule has 11 nitrogen and oxygen atoms in total. The van der Waals surface area contributed by atoms with Crippen LogP contribution in [0.15, 0.2) is 12.5 Å². The lowest BCUT2D eigenvalue weighted by Gasteiger charge is -2.29. The predicted octanol–water partition coefficient (Wildman–Crippen LogP) is 0.567. The number of nitrogens with zero attached hydrogens (tertiary/aromatic N) is 1. The molecule has 1 heterocycles. The minimum Gasteiger partial charge on any atom is -0.480 e. The highest BCUT2D eigenvalue weighted by Crippen LogP contribution is 2.12. The number of imidazole rings is 1. The summed E-state index contributed by atoms with van der Waals surface area (Å²) >= 11 is 0. The molecule has 34 heavy (non-hydrogen) atoms. The van der Waals surface area contributed by atoms with E-state index in [1.807, 2.05) is 27.7 Å². The van der Waals surface area contributed by atoms with Crippen LogP contribution in [-0.2, 0) is 25.6 Å². The average molecular weight is 481 g/mol. The molecule has 192 valence electrons. The highest BCUT2D eigenvalue weighted by Gasteiger charge is 2.33. The number of amides is 3. The van der Waals surface area contributed by atoms with E-state index in [1.165, 1.54) is 12.5 Å². The summed E-state index contributed by atoms with van der Waals surface area (Å²) in [4.78, 5) is 57.0. The minimum absolute atomic E-state index is 0.0130. The standard InChI is InChI=1S/C23H40N6O5/c1-7-14(6)19(29-20(30)16(24)8-12(2)3)22(32)28-18(13(4)5)21(31)27-17(23(33)34)9-15-10-25-11-26-15/h10-14,16-19H,7-9,24H2,1-6H3,(H,25,26)(H,27,31)(H,28,32)(H,29,30)(H,33,34). The molecule has 5 unspecified atom stereocenters. The smallest absolute Gasteiger partial charge is 0.326 e. The molecule has 0 bridgehead atoms. The summed E-state index contributed by atoms with van der Waals surface area (Å²) in [6.07, 6.45) is 4.00. The molecule has 7 N–H and O–H groups in total. The van der Waals surface area contributed by atoms with Crippen molar-refractivity contribution in [3.05, 3.63) is 18.2 Å². The van der Waals surface area contributed by atoms with Gasteiger partial charge in [0.2, 0.25) is 17.7 Å². The summed E-state index contributed by atoms with van der Waals surface area (Å²) < 4.78 is 0. The van der Waals surface area contributed by atoms with Gasteiger partial charge >= 0.3 is 5.97 Å². The third-order valence-corrected chi connectivity index (χ3v) is 5.70. The molecule has 0 aliphatic heterocycles. The fourth-order valence-electron chi connectivity index (χ4n) is 3.43. The molecule has 3 amide bonds. The lowest BCUT2D eigenvalue weighted by Crippen LogP contribution is -2.60. The molecule has 0 saturated heterocycles. The van der Waals surface area contributed by atoms with E-state index in [0.29, 0.717) is 18.5 Å². The Bertz CT molecular complexity index is 811. The van der Waals surface area contributed by atoms with Crippen LogP contribution >= 0.6 is 0 Å². The normalized spacial score (nSPS) is 15.8. The number of aromatic amines is 1. The molecule has 1 aromatic rings. The number of carbonyl (C=O) groups is 4. The van der Waals surface area contributed by atoms with E-state index in [0.717, 1.165) is 0 Å². The summed E-state index contributed by atoms with van der Waals surface area (Å²) in [6.45, 7) is 11.1. The van der Waals surface area contributed by atoms with Crippen LogP contribution in [0.25, 0.3) is 0 Å². The summed E-state index contributed by atoms with van der Waals surface area (Å²) in [7, 11) is 0. The fourth-order valence-corrected chi connectivity index (χ4v) is 3.43. The highest BCUT2D eigenvalue weighted by molar-refractivity contribution is 5.94. The Morgan fingerprint density at radius 1 is 1.00 bits per heavy atom. The third kappa shape index (κ3) is 9.12. The lowest BCUT2D eigenvalue weighted by molar-refractivity contribution is -0.142. The first-order chi connectivity index (χ1) is 15.9. The third-order valence-electron chi connectivity index (χ3n) is 5.70. The van der Waals surface area contributed by atoms with Crippen molar-refractivity contribution in [1.29, 1.82) is 0 Å². The molecule has 1 aromatic heterocycles. The van der Waals surface area contributed by atoms with E-state index in [4.69, 9.17) is 5.73 Å². The zero-order valence-corrected chi connectivity index (χ0v) is 20.9. The second kappa shape index (κ2) is 13.7. The van der Waals surface area contributed by atoms with Crippen LogP contribution in [0.2, 0.25) is 0 Å². The first-order valence-corrected chi connectivity index (χ1v) is 11.7. The van der Waals surface area contributed by atoms with Gasteiger partial charge in [-0.3, -0.25) is 14.4 Å². The van der Waals surface area contributed by atoms with Gasteiger partial charge in [-0.15, -0.1) is 0 Å². The van der Waals surface area contributed by atoms with Gasteiger partial charge in [-0.1, -0.05) is 48.0 Å². The largest absolute Gasteiger partial charge is 0.480 e. The first-order valence-electron chi connectivity index (χ1n) is 11.7. The summed E-state index contributed by atoms with van der Waals surface area (Å²) in [5.41, 5.74) is 6.53. The molecule has 1 rings (SSSR count). The van der Waals surface area contributed by atoms with Gasteiger partial charge in [-0.2, -0.15) is 0 Å². The molecule has 0 radical (unpaired) electrons. The van der Waals surface area contributed by atoms with E-state index < -0.39 is 47.9 Å². The number of aliphatic carboxylic acids is 1. The summed E-state index contributed by atoms with van der Waals surface area (Å²) in [6, 6.07) is -3.83. The van der Waals surface area contributed by atoms with E-state index in [2.05, 4.69) is 25.9 Å². The van der Waals surface area contributed by atoms with Crippen molar-refractivity contribution in [2.45, 2.75) is 85.0 Å². The van der Waals surface area contributed by atoms with E-state index in [-0.39, 0.29) is 24.2 Å². The number of nitrogens with one attached hydrogen (secondary N) is 4. The number of rotatable bonds is 14. The molecule has 0 spiro atoms. The monoisotopic (exact) mass is 480 g/mol. The van der Waals surface area contributed by atoms with Gasteiger partial charge in [0.05, 0.1) is 12.4 Å². The number of carboxylic acids is 1. The average Bonchev–Trinajstić information content (AvgIpc) is 3.26. The van der Waals surface area contributed by atoms with E-state index in [1.54, 1.807) is 13.8 Å². The van der Waals surface area contributed by atoms with Gasteiger partial charge in [0.15, 0.2) is 0 Å². The van der Waals surface area contributed by atoms with Crippen molar-refractivity contribution < 1.29 is 24.3 Å². The van der Waals surface area contributed by atoms with Crippen LogP contribution < -0.4 is 21.7 Å². The molecule has 5 atom stereocenters. The zero-order chi connectivity index (χ0) is 26.0. The van der Waals surface area contributed by atoms with Crippen molar-refractivity contribution in [1.82, 2.24) is 25.9 Å². The number of carbonyl (C=O) groups excluding carboxylic acids is 3. The fraction of sp³-hybridized carbons (Fsp3) is 0.696. The molecule has 0 fully saturated rings. The van der Waals surface area contributed by atoms with Crippen LogP contribution in [0.5, 0.6) is 0 Å². The predicted molar refractivity (Wildman–Crippen MR) is 127 cm³/mol. The Labute approximate surface area is 201 Å². The molecule has 0 aromatic carbocycles. The maximum Gasteiger partial charge on any atom is 0.326 e. The Hall–Kier alpha value is -2.95. The molecule has 0 aliphatic rings. The Balaban J connectivity index is 2.95. The summed E-state index contributed by atoms with van der Waals surface area (Å²) in [5, 5.41) is 17.5. The number of nitrogens with two attached hydrogens (primary N) is 1. The zero-order valence-electron chi connectivity index (χ0n) is 20.9. The van der Waals surface area contributed by atoms with Crippen LogP contribution in [0, 0.1) is 17.8 Å². The van der Waals surface area contributed by atoms with Gasteiger partial charge < -0.3 is 31.8 Å². The minimum atomic E-state index is -1.21. The lowest BCUT2D eigenvalue weighted by atomic mass is 9.95.